The molecule has 6 heteroatoms. The Hall–Kier alpha value is -1.02. The van der Waals surface area contributed by atoms with E-state index in [0.717, 1.165) is 36.8 Å². The number of guanidine groups is 1. The van der Waals surface area contributed by atoms with Gasteiger partial charge in [0, 0.05) is 19.6 Å². The molecule has 23 heavy (non-hydrogen) atoms. The van der Waals surface area contributed by atoms with Crippen LogP contribution in [0.4, 0.5) is 0 Å². The highest BCUT2D eigenvalue weighted by Crippen LogP contribution is 2.16. The Labute approximate surface area is 156 Å². The van der Waals surface area contributed by atoms with Crippen molar-refractivity contribution in [2.24, 2.45) is 4.99 Å². The fourth-order valence-corrected chi connectivity index (χ4v) is 2.52. The van der Waals surface area contributed by atoms with Crippen molar-refractivity contribution in [1.82, 2.24) is 10.2 Å². The molecule has 130 valence electrons. The van der Waals surface area contributed by atoms with Crippen molar-refractivity contribution in [3.8, 4) is 5.75 Å². The van der Waals surface area contributed by atoms with Gasteiger partial charge in [-0.05, 0) is 44.9 Å². The van der Waals surface area contributed by atoms with Crippen molar-refractivity contribution in [3.63, 3.8) is 0 Å². The number of likely N-dealkylation sites (tertiary alicyclic amines) is 1. The SMILES string of the molecule is CCNC(=NCc1cccc(OC(C)C)c1)N1CC[C@@H](O)C1.I. The number of nitrogens with zero attached hydrogens (tertiary/aromatic N) is 2. The number of aliphatic imine (C=N–C) groups is 1. The van der Waals surface area contributed by atoms with Crippen LogP contribution in [0.15, 0.2) is 29.3 Å². The van der Waals surface area contributed by atoms with Gasteiger partial charge < -0.3 is 20.1 Å². The quantitative estimate of drug-likeness (QED) is 0.426. The fraction of sp³-hybridized carbons (Fsp3) is 0.588. The minimum absolute atomic E-state index is 0. The predicted octanol–water partition coefficient (Wildman–Crippen LogP) is 2.62. The van der Waals surface area contributed by atoms with Crippen molar-refractivity contribution in [2.45, 2.75) is 45.9 Å². The summed E-state index contributed by atoms with van der Waals surface area (Å²) in [6.45, 7) is 9.02. The molecule has 1 aliphatic heterocycles. The summed E-state index contributed by atoms with van der Waals surface area (Å²) in [5.74, 6) is 1.75. The van der Waals surface area contributed by atoms with Gasteiger partial charge in [-0.15, -0.1) is 24.0 Å². The van der Waals surface area contributed by atoms with Crippen LogP contribution >= 0.6 is 24.0 Å². The summed E-state index contributed by atoms with van der Waals surface area (Å²) in [6.07, 6.45) is 0.732. The van der Waals surface area contributed by atoms with Gasteiger partial charge in [-0.3, -0.25) is 0 Å². The highest BCUT2D eigenvalue weighted by Gasteiger charge is 2.22. The summed E-state index contributed by atoms with van der Waals surface area (Å²) in [5, 5.41) is 13.0. The molecule has 1 aliphatic rings. The summed E-state index contributed by atoms with van der Waals surface area (Å²) >= 11 is 0. The van der Waals surface area contributed by atoms with Crippen molar-refractivity contribution in [1.29, 1.82) is 0 Å². The zero-order chi connectivity index (χ0) is 15.9. The predicted molar refractivity (Wildman–Crippen MR) is 105 cm³/mol. The molecule has 1 aromatic rings. The standard InChI is InChI=1S/C17H27N3O2.HI/c1-4-18-17(20-9-8-15(21)12-20)19-11-14-6-5-7-16(10-14)22-13(2)3;/h5-7,10,13,15,21H,4,8-9,11-12H2,1-3H3,(H,18,19);1H/t15-;/m1./s1. The minimum atomic E-state index is -0.244. The fourth-order valence-electron chi connectivity index (χ4n) is 2.52. The summed E-state index contributed by atoms with van der Waals surface area (Å²) in [7, 11) is 0. The molecule has 0 unspecified atom stereocenters. The van der Waals surface area contributed by atoms with Crippen LogP contribution in [0.5, 0.6) is 5.75 Å². The smallest absolute Gasteiger partial charge is 0.194 e. The summed E-state index contributed by atoms with van der Waals surface area (Å²) in [5.41, 5.74) is 1.12. The Morgan fingerprint density at radius 3 is 2.87 bits per heavy atom. The van der Waals surface area contributed by atoms with Gasteiger partial charge in [0.1, 0.15) is 5.75 Å². The zero-order valence-corrected chi connectivity index (χ0v) is 16.5. The molecule has 1 heterocycles. The van der Waals surface area contributed by atoms with Gasteiger partial charge in [-0.25, -0.2) is 4.99 Å². The van der Waals surface area contributed by atoms with Gasteiger partial charge in [-0.2, -0.15) is 0 Å². The maximum Gasteiger partial charge on any atom is 0.194 e. The van der Waals surface area contributed by atoms with Crippen LogP contribution in [0.2, 0.25) is 0 Å². The second-order valence-electron chi connectivity index (χ2n) is 5.87. The van der Waals surface area contributed by atoms with Crippen LogP contribution in [-0.4, -0.2) is 47.8 Å². The lowest BCUT2D eigenvalue weighted by Gasteiger charge is -2.21. The number of nitrogens with one attached hydrogen (secondary N) is 1. The third-order valence-corrected chi connectivity index (χ3v) is 3.48. The number of β-amino-alcohol motifs (C(OH)–C–C–N with tert-alkyl or cyclic N) is 1. The number of aliphatic hydroxyl groups excluding tert-OH is 1. The number of aliphatic hydroxyl groups is 1. The van der Waals surface area contributed by atoms with E-state index in [1.54, 1.807) is 0 Å². The number of hydrogen-bond acceptors (Lipinski definition) is 3. The van der Waals surface area contributed by atoms with E-state index in [2.05, 4.69) is 28.2 Å². The van der Waals surface area contributed by atoms with E-state index in [4.69, 9.17) is 4.74 Å². The van der Waals surface area contributed by atoms with Crippen molar-refractivity contribution in [3.05, 3.63) is 29.8 Å². The lowest BCUT2D eigenvalue weighted by Crippen LogP contribution is -2.40. The average molecular weight is 433 g/mol. The molecule has 0 spiro atoms. The van der Waals surface area contributed by atoms with Gasteiger partial charge in [0.25, 0.3) is 0 Å². The average Bonchev–Trinajstić information content (AvgIpc) is 2.89. The molecule has 1 atom stereocenters. The highest BCUT2D eigenvalue weighted by atomic mass is 127. The van der Waals surface area contributed by atoms with Gasteiger partial charge in [0.15, 0.2) is 5.96 Å². The van der Waals surface area contributed by atoms with Gasteiger partial charge >= 0.3 is 0 Å². The number of rotatable bonds is 5. The van der Waals surface area contributed by atoms with Gasteiger partial charge in [0.05, 0.1) is 18.8 Å². The molecular formula is C17H28IN3O2. The Morgan fingerprint density at radius 1 is 1.48 bits per heavy atom. The Bertz CT molecular complexity index is 508. The second kappa shape index (κ2) is 9.97. The third-order valence-electron chi connectivity index (χ3n) is 3.48. The molecule has 2 N–H and O–H groups in total. The van der Waals surface area contributed by atoms with Gasteiger partial charge in [-0.1, -0.05) is 12.1 Å². The first-order valence-corrected chi connectivity index (χ1v) is 8.05. The van der Waals surface area contributed by atoms with Crippen molar-refractivity contribution >= 4 is 29.9 Å². The van der Waals surface area contributed by atoms with Crippen LogP contribution in [0.1, 0.15) is 32.8 Å². The molecule has 0 saturated carbocycles. The monoisotopic (exact) mass is 433 g/mol. The molecule has 0 aliphatic carbocycles. The van der Waals surface area contributed by atoms with Crippen LogP contribution in [0.25, 0.3) is 0 Å². The molecule has 0 radical (unpaired) electrons. The molecular weight excluding hydrogens is 405 g/mol. The summed E-state index contributed by atoms with van der Waals surface area (Å²) in [4.78, 5) is 6.80. The van der Waals surface area contributed by atoms with E-state index in [1.807, 2.05) is 32.0 Å². The first-order valence-electron chi connectivity index (χ1n) is 8.05. The topological polar surface area (TPSA) is 57.1 Å². The minimum Gasteiger partial charge on any atom is -0.491 e. The van der Waals surface area contributed by atoms with E-state index in [9.17, 15) is 5.11 Å². The van der Waals surface area contributed by atoms with Crippen LogP contribution in [0.3, 0.4) is 0 Å². The second-order valence-corrected chi connectivity index (χ2v) is 5.87. The third kappa shape index (κ3) is 6.55. The molecule has 1 saturated heterocycles. The maximum absolute atomic E-state index is 9.68. The number of ether oxygens (including phenoxy) is 1. The van der Waals surface area contributed by atoms with E-state index in [-0.39, 0.29) is 36.2 Å². The molecule has 1 aromatic carbocycles. The number of hydrogen-bond donors (Lipinski definition) is 2. The first-order chi connectivity index (χ1) is 10.6. The van der Waals surface area contributed by atoms with Crippen LogP contribution in [0, 0.1) is 0 Å². The van der Waals surface area contributed by atoms with Gasteiger partial charge in [0.2, 0.25) is 0 Å². The Kier molecular flexibility index (Phi) is 8.68. The Morgan fingerprint density at radius 2 is 2.26 bits per heavy atom. The summed E-state index contributed by atoms with van der Waals surface area (Å²) in [6, 6.07) is 8.05. The van der Waals surface area contributed by atoms with Crippen molar-refractivity contribution in [2.75, 3.05) is 19.6 Å². The molecule has 0 bridgehead atoms. The lowest BCUT2D eigenvalue weighted by atomic mass is 10.2. The maximum atomic E-state index is 9.68. The largest absolute Gasteiger partial charge is 0.491 e. The van der Waals surface area contributed by atoms with Crippen LogP contribution < -0.4 is 10.1 Å². The molecule has 5 nitrogen and oxygen atoms in total. The van der Waals surface area contributed by atoms with E-state index >= 15 is 0 Å². The first kappa shape index (κ1) is 20.0. The Balaban J connectivity index is 0.00000264. The molecule has 0 aromatic heterocycles. The van der Waals surface area contributed by atoms with E-state index < -0.39 is 0 Å². The highest BCUT2D eigenvalue weighted by molar-refractivity contribution is 14.0. The summed E-state index contributed by atoms with van der Waals surface area (Å²) < 4.78 is 5.72. The number of halogens is 1. The van der Waals surface area contributed by atoms with Crippen molar-refractivity contribution < 1.29 is 9.84 Å². The van der Waals surface area contributed by atoms with E-state index in [1.165, 1.54) is 0 Å². The normalized spacial score (nSPS) is 18.0. The van der Waals surface area contributed by atoms with Crippen LogP contribution in [-0.2, 0) is 6.54 Å². The lowest BCUT2D eigenvalue weighted by molar-refractivity contribution is 0.188. The molecule has 2 rings (SSSR count). The molecule has 0 amide bonds. The number of benzene rings is 1. The molecule has 1 fully saturated rings. The zero-order valence-electron chi connectivity index (χ0n) is 14.2. The van der Waals surface area contributed by atoms with E-state index in [0.29, 0.717) is 13.1 Å².